The highest BCUT2D eigenvalue weighted by molar-refractivity contribution is 9.10. The zero-order valence-electron chi connectivity index (χ0n) is 6.65. The summed E-state index contributed by atoms with van der Waals surface area (Å²) in [5.41, 5.74) is -0.298. The van der Waals surface area contributed by atoms with Crippen molar-refractivity contribution in [3.63, 3.8) is 0 Å². The highest BCUT2D eigenvalue weighted by atomic mass is 79.9. The monoisotopic (exact) mass is 270 g/mol. The van der Waals surface area contributed by atoms with E-state index in [0.717, 1.165) is 0 Å². The Morgan fingerprint density at radius 2 is 2.08 bits per heavy atom. The van der Waals surface area contributed by atoms with Gasteiger partial charge < -0.3 is 4.74 Å². The largest absolute Gasteiger partial charge is 0.497 e. The molecule has 5 heteroatoms. The van der Waals surface area contributed by atoms with Crippen LogP contribution in [-0.2, 0) is 5.38 Å². The number of methoxy groups -OCH3 is 1. The normalized spacial score (nSPS) is 11.5. The van der Waals surface area contributed by atoms with Gasteiger partial charge in [0, 0.05) is 4.47 Å². The van der Waals surface area contributed by atoms with Crippen molar-refractivity contribution >= 4 is 27.5 Å². The van der Waals surface area contributed by atoms with Gasteiger partial charge in [0.15, 0.2) is 0 Å². The quantitative estimate of drug-likeness (QED) is 0.745. The Morgan fingerprint density at radius 1 is 1.46 bits per heavy atom. The topological polar surface area (TPSA) is 9.23 Å². The Morgan fingerprint density at radius 3 is 2.54 bits per heavy atom. The Kier molecular flexibility index (Phi) is 3.14. The summed E-state index contributed by atoms with van der Waals surface area (Å²) < 4.78 is 30.5. The third-order valence-electron chi connectivity index (χ3n) is 1.48. The SMILES string of the molecule is COc1ccc(Br)c(C(F)(F)Cl)c1. The molecule has 0 aromatic heterocycles. The van der Waals surface area contributed by atoms with Crippen LogP contribution in [0.5, 0.6) is 5.75 Å². The predicted molar refractivity (Wildman–Crippen MR) is 50.4 cm³/mol. The predicted octanol–water partition coefficient (Wildman–Crippen LogP) is 3.75. The molecule has 0 saturated heterocycles. The van der Waals surface area contributed by atoms with Gasteiger partial charge in [-0.15, -0.1) is 0 Å². The van der Waals surface area contributed by atoms with E-state index >= 15 is 0 Å². The van der Waals surface area contributed by atoms with Gasteiger partial charge in [-0.3, -0.25) is 0 Å². The van der Waals surface area contributed by atoms with Crippen molar-refractivity contribution in [3.05, 3.63) is 28.2 Å². The van der Waals surface area contributed by atoms with Crippen molar-refractivity contribution < 1.29 is 13.5 Å². The minimum atomic E-state index is -3.38. The van der Waals surface area contributed by atoms with Crippen LogP contribution in [0.25, 0.3) is 0 Å². The number of hydrogen-bond donors (Lipinski definition) is 0. The number of alkyl halides is 3. The molecule has 0 spiro atoms. The highest BCUT2D eigenvalue weighted by Crippen LogP contribution is 2.38. The van der Waals surface area contributed by atoms with Crippen molar-refractivity contribution in [1.82, 2.24) is 0 Å². The molecule has 1 aromatic rings. The van der Waals surface area contributed by atoms with Gasteiger partial charge >= 0.3 is 5.38 Å². The molecule has 0 radical (unpaired) electrons. The van der Waals surface area contributed by atoms with E-state index in [1.54, 1.807) is 6.07 Å². The fraction of sp³-hybridized carbons (Fsp3) is 0.250. The molecule has 13 heavy (non-hydrogen) atoms. The first-order chi connectivity index (χ1) is 5.95. The van der Waals surface area contributed by atoms with Gasteiger partial charge in [-0.1, -0.05) is 15.9 Å². The summed E-state index contributed by atoms with van der Waals surface area (Å²) in [6.45, 7) is 0. The molecule has 1 rings (SSSR count). The standard InChI is InChI=1S/C8H6BrClF2O/c1-13-5-2-3-7(9)6(4-5)8(10,11)12/h2-4H,1H3. The van der Waals surface area contributed by atoms with Crippen LogP contribution in [0.1, 0.15) is 5.56 Å². The first-order valence-electron chi connectivity index (χ1n) is 3.36. The van der Waals surface area contributed by atoms with Crippen molar-refractivity contribution in [3.8, 4) is 5.75 Å². The summed E-state index contributed by atoms with van der Waals surface area (Å²) in [4.78, 5) is 0. The van der Waals surface area contributed by atoms with Gasteiger partial charge in [-0.25, -0.2) is 0 Å². The second-order valence-electron chi connectivity index (χ2n) is 2.34. The third kappa shape index (κ3) is 2.54. The fourth-order valence-corrected chi connectivity index (χ4v) is 1.61. The van der Waals surface area contributed by atoms with Crippen LogP contribution < -0.4 is 4.74 Å². The molecule has 0 atom stereocenters. The molecule has 1 aromatic carbocycles. The minimum absolute atomic E-state index is 0.258. The lowest BCUT2D eigenvalue weighted by molar-refractivity contribution is 0.0940. The summed E-state index contributed by atoms with van der Waals surface area (Å²) >= 11 is 7.85. The molecule has 0 saturated carbocycles. The smallest absolute Gasteiger partial charge is 0.349 e. The first-order valence-corrected chi connectivity index (χ1v) is 4.53. The average molecular weight is 271 g/mol. The molecular formula is C8H6BrClF2O. The van der Waals surface area contributed by atoms with Gasteiger partial charge in [-0.05, 0) is 29.8 Å². The maximum absolute atomic E-state index is 12.7. The number of benzene rings is 1. The molecule has 0 aliphatic carbocycles. The Hall–Kier alpha value is -0.350. The van der Waals surface area contributed by atoms with E-state index in [4.69, 9.17) is 16.3 Å². The minimum Gasteiger partial charge on any atom is -0.497 e. The van der Waals surface area contributed by atoms with E-state index in [9.17, 15) is 8.78 Å². The van der Waals surface area contributed by atoms with Crippen LogP contribution in [0.4, 0.5) is 8.78 Å². The van der Waals surface area contributed by atoms with Gasteiger partial charge in [0.25, 0.3) is 0 Å². The molecule has 0 aliphatic rings. The summed E-state index contributed by atoms with van der Waals surface area (Å²) in [5, 5.41) is -3.38. The highest BCUT2D eigenvalue weighted by Gasteiger charge is 2.30. The van der Waals surface area contributed by atoms with Gasteiger partial charge in [0.1, 0.15) is 5.75 Å². The van der Waals surface area contributed by atoms with E-state index in [0.29, 0.717) is 5.75 Å². The summed E-state index contributed by atoms with van der Waals surface area (Å²) in [7, 11) is 1.40. The Labute approximate surface area is 87.8 Å². The molecule has 72 valence electrons. The van der Waals surface area contributed by atoms with Crippen LogP contribution in [0.15, 0.2) is 22.7 Å². The Balaban J connectivity index is 3.19. The first kappa shape index (κ1) is 10.7. The number of rotatable bonds is 2. The molecule has 0 bridgehead atoms. The van der Waals surface area contributed by atoms with Gasteiger partial charge in [0.05, 0.1) is 12.7 Å². The van der Waals surface area contributed by atoms with Crippen LogP contribution in [0.2, 0.25) is 0 Å². The van der Waals surface area contributed by atoms with E-state index in [2.05, 4.69) is 15.9 Å². The van der Waals surface area contributed by atoms with Crippen molar-refractivity contribution in [1.29, 1.82) is 0 Å². The van der Waals surface area contributed by atoms with Gasteiger partial charge in [0.2, 0.25) is 0 Å². The molecular weight excluding hydrogens is 265 g/mol. The summed E-state index contributed by atoms with van der Waals surface area (Å²) in [5.74, 6) is 0.346. The van der Waals surface area contributed by atoms with Crippen molar-refractivity contribution in [2.24, 2.45) is 0 Å². The van der Waals surface area contributed by atoms with E-state index in [1.165, 1.54) is 19.2 Å². The molecule has 0 N–H and O–H groups in total. The zero-order valence-corrected chi connectivity index (χ0v) is 8.99. The summed E-state index contributed by atoms with van der Waals surface area (Å²) in [6, 6.07) is 4.22. The molecule has 0 aliphatic heterocycles. The fourth-order valence-electron chi connectivity index (χ4n) is 0.849. The van der Waals surface area contributed by atoms with E-state index in [-0.39, 0.29) is 10.0 Å². The van der Waals surface area contributed by atoms with Crippen LogP contribution in [-0.4, -0.2) is 7.11 Å². The Bertz CT molecular complexity index is 312. The average Bonchev–Trinajstić information content (AvgIpc) is 2.03. The van der Waals surface area contributed by atoms with E-state index < -0.39 is 5.38 Å². The lowest BCUT2D eigenvalue weighted by atomic mass is 10.2. The second kappa shape index (κ2) is 3.80. The van der Waals surface area contributed by atoms with Crippen molar-refractivity contribution in [2.75, 3.05) is 7.11 Å². The maximum Gasteiger partial charge on any atom is 0.349 e. The molecule has 0 unspecified atom stereocenters. The second-order valence-corrected chi connectivity index (χ2v) is 3.67. The van der Waals surface area contributed by atoms with Crippen LogP contribution in [0, 0.1) is 0 Å². The van der Waals surface area contributed by atoms with Crippen molar-refractivity contribution in [2.45, 2.75) is 5.38 Å². The van der Waals surface area contributed by atoms with Crippen LogP contribution in [0.3, 0.4) is 0 Å². The number of ether oxygens (including phenoxy) is 1. The molecule has 0 amide bonds. The zero-order chi connectivity index (χ0) is 10.1. The lowest BCUT2D eigenvalue weighted by Crippen LogP contribution is -2.04. The summed E-state index contributed by atoms with van der Waals surface area (Å²) in [6.07, 6.45) is 0. The lowest BCUT2D eigenvalue weighted by Gasteiger charge is -2.11. The molecule has 0 heterocycles. The molecule has 1 nitrogen and oxygen atoms in total. The van der Waals surface area contributed by atoms with Crippen LogP contribution >= 0.6 is 27.5 Å². The number of halogens is 4. The number of hydrogen-bond acceptors (Lipinski definition) is 1. The maximum atomic E-state index is 12.7. The molecule has 0 fully saturated rings. The third-order valence-corrected chi connectivity index (χ3v) is 2.37. The van der Waals surface area contributed by atoms with Gasteiger partial charge in [-0.2, -0.15) is 8.78 Å². The van der Waals surface area contributed by atoms with E-state index in [1.807, 2.05) is 0 Å².